The highest BCUT2D eigenvalue weighted by molar-refractivity contribution is 6.14. The summed E-state index contributed by atoms with van der Waals surface area (Å²) < 4.78 is 2.26. The number of hydrogen-bond donors (Lipinski definition) is 0. The largest absolute Gasteiger partial charge is 0.294 e. The summed E-state index contributed by atoms with van der Waals surface area (Å²) >= 11 is 0. The van der Waals surface area contributed by atoms with Gasteiger partial charge in [0.2, 0.25) is 0 Å². The molecule has 0 N–H and O–H groups in total. The summed E-state index contributed by atoms with van der Waals surface area (Å²) in [5.41, 5.74) is 10.7. The molecule has 2 heterocycles. The quantitative estimate of drug-likeness (QED) is 0.214. The molecule has 0 bridgehead atoms. The third-order valence-corrected chi connectivity index (χ3v) is 8.02. The minimum atomic E-state index is 0.701. The maximum absolute atomic E-state index is 5.31. The fourth-order valence-electron chi connectivity index (χ4n) is 5.95. The molecular formula is C40H27N3. The zero-order chi connectivity index (χ0) is 28.6. The smallest absolute Gasteiger partial charge is 0.162 e. The third kappa shape index (κ3) is 4.48. The van der Waals surface area contributed by atoms with Crippen LogP contribution in [0.4, 0.5) is 0 Å². The Morgan fingerprint density at radius 2 is 0.930 bits per heavy atom. The molecule has 0 spiro atoms. The van der Waals surface area contributed by atoms with Crippen molar-refractivity contribution in [3.05, 3.63) is 164 Å². The molecule has 0 atom stereocenters. The van der Waals surface area contributed by atoms with Gasteiger partial charge in [-0.2, -0.15) is 0 Å². The Hall–Kier alpha value is -5.80. The molecular weight excluding hydrogens is 522 g/mol. The second-order valence-corrected chi connectivity index (χ2v) is 10.7. The van der Waals surface area contributed by atoms with E-state index in [-0.39, 0.29) is 0 Å². The van der Waals surface area contributed by atoms with Gasteiger partial charge in [-0.05, 0) is 46.5 Å². The Morgan fingerprint density at radius 1 is 0.395 bits per heavy atom. The van der Waals surface area contributed by atoms with Crippen LogP contribution in [0.2, 0.25) is 0 Å². The standard InChI is InChI=1S/C40H27N3/c1-4-13-28(14-5-1)30-23-25-31(26-24-30)39-41-38(33-18-12-17-32(27-33)29-15-6-2-7-16-29)37-35-21-10-11-22-36(35)43(40(37)42-39)34-19-8-3-9-20-34/h1-27H. The first kappa shape index (κ1) is 25.0. The second kappa shape index (κ2) is 10.6. The molecule has 0 amide bonds. The molecule has 6 aromatic carbocycles. The molecule has 0 saturated heterocycles. The van der Waals surface area contributed by atoms with Crippen molar-refractivity contribution in [3.8, 4) is 50.6 Å². The van der Waals surface area contributed by atoms with Crippen LogP contribution in [0.1, 0.15) is 0 Å². The minimum Gasteiger partial charge on any atom is -0.294 e. The fourth-order valence-corrected chi connectivity index (χ4v) is 5.95. The van der Waals surface area contributed by atoms with Crippen LogP contribution in [0.5, 0.6) is 0 Å². The highest BCUT2D eigenvalue weighted by Crippen LogP contribution is 2.39. The predicted octanol–water partition coefficient (Wildman–Crippen LogP) is 10.2. The van der Waals surface area contributed by atoms with Gasteiger partial charge < -0.3 is 0 Å². The van der Waals surface area contributed by atoms with Gasteiger partial charge in [0.15, 0.2) is 5.82 Å². The van der Waals surface area contributed by atoms with E-state index in [1.54, 1.807) is 0 Å². The van der Waals surface area contributed by atoms with Gasteiger partial charge in [0.25, 0.3) is 0 Å². The number of benzene rings is 6. The van der Waals surface area contributed by atoms with E-state index in [0.29, 0.717) is 5.82 Å². The highest BCUT2D eigenvalue weighted by Gasteiger charge is 2.21. The van der Waals surface area contributed by atoms with Crippen molar-refractivity contribution in [2.45, 2.75) is 0 Å². The molecule has 202 valence electrons. The van der Waals surface area contributed by atoms with E-state index in [4.69, 9.17) is 9.97 Å². The first-order chi connectivity index (χ1) is 21.3. The van der Waals surface area contributed by atoms with Crippen molar-refractivity contribution in [2.75, 3.05) is 0 Å². The van der Waals surface area contributed by atoms with Crippen molar-refractivity contribution in [2.24, 2.45) is 0 Å². The minimum absolute atomic E-state index is 0.701. The number of rotatable bonds is 5. The van der Waals surface area contributed by atoms with Crippen molar-refractivity contribution in [1.29, 1.82) is 0 Å². The first-order valence-electron chi connectivity index (χ1n) is 14.5. The Bertz CT molecular complexity index is 2200. The lowest BCUT2D eigenvalue weighted by atomic mass is 9.99. The molecule has 0 aliphatic carbocycles. The monoisotopic (exact) mass is 549 g/mol. The number of fused-ring (bicyclic) bond motifs is 3. The number of aromatic nitrogens is 3. The summed E-state index contributed by atoms with van der Waals surface area (Å²) in [4.78, 5) is 10.6. The number of hydrogen-bond acceptors (Lipinski definition) is 2. The highest BCUT2D eigenvalue weighted by atomic mass is 15.1. The Morgan fingerprint density at radius 3 is 1.65 bits per heavy atom. The molecule has 0 aliphatic rings. The van der Waals surface area contributed by atoms with E-state index < -0.39 is 0 Å². The van der Waals surface area contributed by atoms with E-state index in [0.717, 1.165) is 50.0 Å². The van der Waals surface area contributed by atoms with Crippen molar-refractivity contribution in [1.82, 2.24) is 14.5 Å². The fraction of sp³-hybridized carbons (Fsp3) is 0. The number of nitrogens with zero attached hydrogens (tertiary/aromatic N) is 3. The van der Waals surface area contributed by atoms with Gasteiger partial charge >= 0.3 is 0 Å². The molecule has 8 aromatic rings. The van der Waals surface area contributed by atoms with E-state index >= 15 is 0 Å². The topological polar surface area (TPSA) is 30.7 Å². The molecule has 3 heteroatoms. The van der Waals surface area contributed by atoms with Crippen LogP contribution in [0.25, 0.3) is 72.5 Å². The first-order valence-corrected chi connectivity index (χ1v) is 14.5. The van der Waals surface area contributed by atoms with Gasteiger partial charge in [-0.3, -0.25) is 4.57 Å². The maximum Gasteiger partial charge on any atom is 0.162 e. The molecule has 3 nitrogen and oxygen atoms in total. The zero-order valence-electron chi connectivity index (χ0n) is 23.4. The van der Waals surface area contributed by atoms with Gasteiger partial charge in [-0.15, -0.1) is 0 Å². The molecule has 2 aromatic heterocycles. The van der Waals surface area contributed by atoms with Crippen molar-refractivity contribution >= 4 is 21.9 Å². The molecule has 0 aliphatic heterocycles. The second-order valence-electron chi connectivity index (χ2n) is 10.7. The summed E-state index contributed by atoms with van der Waals surface area (Å²) in [6.45, 7) is 0. The van der Waals surface area contributed by atoms with Crippen molar-refractivity contribution in [3.63, 3.8) is 0 Å². The summed E-state index contributed by atoms with van der Waals surface area (Å²) in [6.07, 6.45) is 0. The Balaban J connectivity index is 1.40. The van der Waals surface area contributed by atoms with Gasteiger partial charge in [0, 0.05) is 22.2 Å². The summed E-state index contributed by atoms with van der Waals surface area (Å²) in [7, 11) is 0. The van der Waals surface area contributed by atoms with E-state index in [1.807, 2.05) is 12.1 Å². The zero-order valence-corrected chi connectivity index (χ0v) is 23.4. The normalized spacial score (nSPS) is 11.3. The van der Waals surface area contributed by atoms with Crippen LogP contribution in [-0.2, 0) is 0 Å². The lowest BCUT2D eigenvalue weighted by Crippen LogP contribution is -1.99. The summed E-state index contributed by atoms with van der Waals surface area (Å²) in [6, 6.07) is 57.2. The molecule has 0 fully saturated rings. The molecule has 8 rings (SSSR count). The summed E-state index contributed by atoms with van der Waals surface area (Å²) in [5, 5.41) is 2.18. The van der Waals surface area contributed by atoms with E-state index in [9.17, 15) is 0 Å². The van der Waals surface area contributed by atoms with Crippen LogP contribution < -0.4 is 0 Å². The Labute approximate surface area is 250 Å². The molecule has 0 saturated carbocycles. The van der Waals surface area contributed by atoms with Crippen LogP contribution >= 0.6 is 0 Å². The van der Waals surface area contributed by atoms with Gasteiger partial charge in [-0.1, -0.05) is 140 Å². The van der Waals surface area contributed by atoms with E-state index in [1.165, 1.54) is 16.7 Å². The van der Waals surface area contributed by atoms with Crippen molar-refractivity contribution < 1.29 is 0 Å². The third-order valence-electron chi connectivity index (χ3n) is 8.02. The van der Waals surface area contributed by atoms with Crippen LogP contribution in [-0.4, -0.2) is 14.5 Å². The van der Waals surface area contributed by atoms with Gasteiger partial charge in [-0.25, -0.2) is 9.97 Å². The molecule has 43 heavy (non-hydrogen) atoms. The van der Waals surface area contributed by atoms with E-state index in [2.05, 4.69) is 156 Å². The average Bonchev–Trinajstić information content (AvgIpc) is 3.43. The van der Waals surface area contributed by atoms with Crippen LogP contribution in [0, 0.1) is 0 Å². The molecule has 0 unspecified atom stereocenters. The van der Waals surface area contributed by atoms with Gasteiger partial charge in [0.1, 0.15) is 5.65 Å². The lowest BCUT2D eigenvalue weighted by molar-refractivity contribution is 1.11. The van der Waals surface area contributed by atoms with Gasteiger partial charge in [0.05, 0.1) is 16.6 Å². The predicted molar refractivity (Wildman–Crippen MR) is 178 cm³/mol. The Kier molecular flexibility index (Phi) is 6.12. The number of para-hydroxylation sites is 2. The summed E-state index contributed by atoms with van der Waals surface area (Å²) in [5.74, 6) is 0.701. The molecule has 0 radical (unpaired) electrons. The van der Waals surface area contributed by atoms with Crippen LogP contribution in [0.3, 0.4) is 0 Å². The lowest BCUT2D eigenvalue weighted by Gasteiger charge is -2.12. The average molecular weight is 550 g/mol. The maximum atomic E-state index is 5.31. The SMILES string of the molecule is c1ccc(-c2ccc(-c3nc(-c4cccc(-c5ccccc5)c4)c4c5ccccc5n(-c5ccccc5)c4n3)cc2)cc1. The van der Waals surface area contributed by atoms with Crippen LogP contribution in [0.15, 0.2) is 164 Å².